The zero-order valence-corrected chi connectivity index (χ0v) is 19.3. The van der Waals surface area contributed by atoms with E-state index >= 15 is 0 Å². The fourth-order valence-electron chi connectivity index (χ4n) is 3.19. The van der Waals surface area contributed by atoms with E-state index in [4.69, 9.17) is 16.6 Å². The van der Waals surface area contributed by atoms with Gasteiger partial charge in [0.15, 0.2) is 4.80 Å². The van der Waals surface area contributed by atoms with Crippen molar-refractivity contribution in [1.29, 1.82) is 0 Å². The minimum absolute atomic E-state index is 0.676. The summed E-state index contributed by atoms with van der Waals surface area (Å²) in [7, 11) is 0. The molecule has 0 saturated heterocycles. The lowest BCUT2D eigenvalue weighted by atomic mass is 10.1. The first kappa shape index (κ1) is 21.8. The molecule has 0 fully saturated rings. The maximum atomic E-state index is 6.05. The number of nitrogens with one attached hydrogen (secondary N) is 1. The van der Waals surface area contributed by atoms with Gasteiger partial charge in [-0.15, -0.1) is 17.9 Å². The van der Waals surface area contributed by atoms with Crippen LogP contribution < -0.4 is 10.2 Å². The van der Waals surface area contributed by atoms with E-state index < -0.39 is 0 Å². The molecule has 0 spiro atoms. The predicted octanol–water partition coefficient (Wildman–Crippen LogP) is 7.12. The van der Waals surface area contributed by atoms with Gasteiger partial charge in [0.1, 0.15) is 0 Å². The van der Waals surface area contributed by atoms with E-state index in [1.54, 1.807) is 11.3 Å². The van der Waals surface area contributed by atoms with Gasteiger partial charge < -0.3 is 4.57 Å². The van der Waals surface area contributed by atoms with Gasteiger partial charge in [-0.1, -0.05) is 60.1 Å². The topological polar surface area (TPSA) is 41.7 Å². The Morgan fingerprint density at radius 2 is 1.75 bits per heavy atom. The molecule has 4 aromatic rings. The van der Waals surface area contributed by atoms with Crippen molar-refractivity contribution in [2.45, 2.75) is 13.5 Å². The highest BCUT2D eigenvalue weighted by Crippen LogP contribution is 2.23. The highest BCUT2D eigenvalue weighted by Gasteiger charge is 2.07. The van der Waals surface area contributed by atoms with Crippen LogP contribution in [0.15, 0.2) is 107 Å². The largest absolute Gasteiger partial charge is 0.313 e. The highest BCUT2D eigenvalue weighted by atomic mass is 35.5. The Bertz CT molecular complexity index is 1280. The molecule has 4 rings (SSSR count). The van der Waals surface area contributed by atoms with Crippen LogP contribution in [-0.2, 0) is 6.54 Å². The molecule has 0 atom stereocenters. The zero-order chi connectivity index (χ0) is 22.3. The number of rotatable bonds is 7. The highest BCUT2D eigenvalue weighted by molar-refractivity contribution is 7.07. The Morgan fingerprint density at radius 1 is 1.03 bits per heavy atom. The quantitative estimate of drug-likeness (QED) is 0.179. The van der Waals surface area contributed by atoms with E-state index in [0.29, 0.717) is 6.54 Å². The summed E-state index contributed by atoms with van der Waals surface area (Å²) in [5.41, 5.74) is 9.07. The van der Waals surface area contributed by atoms with E-state index in [1.165, 1.54) is 0 Å². The van der Waals surface area contributed by atoms with Crippen LogP contribution in [0.5, 0.6) is 0 Å². The summed E-state index contributed by atoms with van der Waals surface area (Å²) in [6.45, 7) is 6.56. The zero-order valence-electron chi connectivity index (χ0n) is 17.7. The Labute approximate surface area is 196 Å². The average molecular weight is 459 g/mol. The molecule has 32 heavy (non-hydrogen) atoms. The first-order valence-corrected chi connectivity index (χ1v) is 11.5. The second-order valence-corrected chi connectivity index (χ2v) is 8.42. The number of nitrogens with zero attached hydrogens (tertiary/aromatic N) is 3. The lowest BCUT2D eigenvalue weighted by Gasteiger charge is -2.07. The van der Waals surface area contributed by atoms with Crippen LogP contribution in [0.3, 0.4) is 0 Å². The first-order valence-electron chi connectivity index (χ1n) is 10.2. The van der Waals surface area contributed by atoms with Gasteiger partial charge in [-0.25, -0.2) is 4.99 Å². The van der Waals surface area contributed by atoms with Crippen LogP contribution in [0.4, 0.5) is 11.4 Å². The fourth-order valence-corrected chi connectivity index (χ4v) is 4.25. The van der Waals surface area contributed by atoms with Crippen molar-refractivity contribution < 1.29 is 0 Å². The fraction of sp³-hybridized carbons (Fsp3) is 0.0769. The van der Waals surface area contributed by atoms with Crippen molar-refractivity contribution in [1.82, 2.24) is 4.57 Å². The summed E-state index contributed by atoms with van der Waals surface area (Å²) >= 11 is 7.66. The van der Waals surface area contributed by atoms with Gasteiger partial charge in [0.2, 0.25) is 0 Å². The molecule has 3 aromatic carbocycles. The third kappa shape index (κ3) is 5.25. The summed E-state index contributed by atoms with van der Waals surface area (Å²) in [4.78, 5) is 5.79. The van der Waals surface area contributed by atoms with Crippen molar-refractivity contribution in [2.75, 3.05) is 5.43 Å². The number of para-hydroxylation sites is 1. The van der Waals surface area contributed by atoms with Crippen LogP contribution in [0.1, 0.15) is 12.5 Å². The van der Waals surface area contributed by atoms with Crippen molar-refractivity contribution >= 4 is 40.0 Å². The van der Waals surface area contributed by atoms with E-state index in [0.717, 1.165) is 43.7 Å². The molecule has 0 saturated carbocycles. The maximum absolute atomic E-state index is 6.05. The second-order valence-electron chi connectivity index (χ2n) is 7.14. The van der Waals surface area contributed by atoms with Gasteiger partial charge in [0.05, 0.1) is 22.8 Å². The molecule has 4 nitrogen and oxygen atoms in total. The number of thiazole rings is 1. The second kappa shape index (κ2) is 10.3. The number of halogens is 1. The third-order valence-corrected chi connectivity index (χ3v) is 6.00. The molecule has 0 bridgehead atoms. The number of aromatic nitrogens is 1. The SMILES string of the molecule is C=CCn1c(-c2ccc(Cl)cc2)csc1=Nc1ccc(C(C)=NNc2ccccc2)cc1. The minimum atomic E-state index is 0.676. The molecule has 0 aliphatic heterocycles. The normalized spacial score (nSPS) is 12.1. The molecule has 1 N–H and O–H groups in total. The Balaban J connectivity index is 1.59. The van der Waals surface area contributed by atoms with Crippen LogP contribution in [-0.4, -0.2) is 10.3 Å². The summed E-state index contributed by atoms with van der Waals surface area (Å²) in [6, 6.07) is 25.8. The van der Waals surface area contributed by atoms with Crippen molar-refractivity contribution in [2.24, 2.45) is 10.1 Å². The van der Waals surface area contributed by atoms with Gasteiger partial charge >= 0.3 is 0 Å². The van der Waals surface area contributed by atoms with E-state index in [-0.39, 0.29) is 0 Å². The molecular weight excluding hydrogens is 436 g/mol. The van der Waals surface area contributed by atoms with Gasteiger partial charge in [-0.3, -0.25) is 5.43 Å². The van der Waals surface area contributed by atoms with Crippen molar-refractivity contribution in [3.8, 4) is 11.3 Å². The summed E-state index contributed by atoms with van der Waals surface area (Å²) in [6.07, 6.45) is 1.88. The molecule has 160 valence electrons. The summed E-state index contributed by atoms with van der Waals surface area (Å²) in [5.74, 6) is 0. The number of hydrogen-bond donors (Lipinski definition) is 1. The minimum Gasteiger partial charge on any atom is -0.313 e. The first-order chi connectivity index (χ1) is 15.6. The number of benzene rings is 3. The van der Waals surface area contributed by atoms with Gasteiger partial charge in [-0.2, -0.15) is 5.10 Å². The van der Waals surface area contributed by atoms with E-state index in [2.05, 4.69) is 27.1 Å². The molecule has 0 aliphatic carbocycles. The predicted molar refractivity (Wildman–Crippen MR) is 137 cm³/mol. The van der Waals surface area contributed by atoms with Gasteiger partial charge in [0, 0.05) is 16.9 Å². The monoisotopic (exact) mass is 458 g/mol. The molecule has 0 amide bonds. The molecule has 0 aliphatic rings. The summed E-state index contributed by atoms with van der Waals surface area (Å²) in [5, 5.41) is 7.31. The number of allylic oxidation sites excluding steroid dienone is 1. The Hall–Kier alpha value is -3.41. The van der Waals surface area contributed by atoms with Crippen LogP contribution in [0.25, 0.3) is 11.3 Å². The number of anilines is 1. The summed E-state index contributed by atoms with van der Waals surface area (Å²) < 4.78 is 2.16. The lowest BCUT2D eigenvalue weighted by molar-refractivity contribution is 0.800. The van der Waals surface area contributed by atoms with Crippen molar-refractivity contribution in [3.63, 3.8) is 0 Å². The Kier molecular flexibility index (Phi) is 7.00. The average Bonchev–Trinajstić information content (AvgIpc) is 3.21. The molecule has 1 aromatic heterocycles. The lowest BCUT2D eigenvalue weighted by Crippen LogP contribution is -2.14. The molecule has 0 unspecified atom stereocenters. The van der Waals surface area contributed by atoms with Crippen LogP contribution >= 0.6 is 22.9 Å². The number of hydrazone groups is 1. The van der Waals surface area contributed by atoms with E-state index in [1.807, 2.05) is 91.9 Å². The van der Waals surface area contributed by atoms with Crippen molar-refractivity contribution in [3.05, 3.63) is 112 Å². The molecular formula is C26H23ClN4S. The molecule has 0 radical (unpaired) electrons. The molecule has 1 heterocycles. The number of hydrogen-bond acceptors (Lipinski definition) is 4. The standard InChI is InChI=1S/C26H23ClN4S/c1-3-17-31-25(21-9-13-22(27)14-10-21)18-32-26(31)28-23-15-11-20(12-16-23)19(2)29-30-24-7-5-4-6-8-24/h3-16,18,30H,1,17H2,2H3. The van der Waals surface area contributed by atoms with Gasteiger partial charge in [-0.05, 0) is 54.4 Å². The van der Waals surface area contributed by atoms with E-state index in [9.17, 15) is 0 Å². The van der Waals surface area contributed by atoms with Crippen LogP contribution in [0.2, 0.25) is 5.02 Å². The Morgan fingerprint density at radius 3 is 2.44 bits per heavy atom. The van der Waals surface area contributed by atoms with Gasteiger partial charge in [0.25, 0.3) is 0 Å². The maximum Gasteiger partial charge on any atom is 0.190 e. The smallest absolute Gasteiger partial charge is 0.190 e. The third-order valence-electron chi connectivity index (χ3n) is 4.89. The van der Waals surface area contributed by atoms with Crippen LogP contribution in [0, 0.1) is 0 Å². The molecule has 6 heteroatoms.